The summed E-state index contributed by atoms with van der Waals surface area (Å²) in [7, 11) is 0. The molecular weight excluding hydrogens is 310 g/mol. The van der Waals surface area contributed by atoms with E-state index in [1.807, 2.05) is 12.1 Å². The third-order valence-corrected chi connectivity index (χ3v) is 5.75. The summed E-state index contributed by atoms with van der Waals surface area (Å²) in [5.41, 5.74) is 11.9. The van der Waals surface area contributed by atoms with Crippen LogP contribution in [0.2, 0.25) is 0 Å². The van der Waals surface area contributed by atoms with Crippen LogP contribution < -0.4 is 5.73 Å². The number of carboxylic acids is 1. The maximum atomic E-state index is 11.0. The van der Waals surface area contributed by atoms with Crippen molar-refractivity contribution in [3.8, 4) is 0 Å². The lowest BCUT2D eigenvalue weighted by atomic mass is 9.63. The van der Waals surface area contributed by atoms with E-state index in [-0.39, 0.29) is 22.4 Å². The molecule has 1 aliphatic rings. The smallest absolute Gasteiger partial charge is 0.335 e. The molecule has 3 rings (SSSR count). The number of nitrogens with two attached hydrogens (primary N) is 1. The molecule has 0 amide bonds. The zero-order valence-corrected chi connectivity index (χ0v) is 15.5. The van der Waals surface area contributed by atoms with Crippen LogP contribution in [-0.4, -0.2) is 11.1 Å². The molecule has 0 fully saturated rings. The minimum absolute atomic E-state index is 0.147. The van der Waals surface area contributed by atoms with Crippen LogP contribution in [-0.2, 0) is 10.8 Å². The van der Waals surface area contributed by atoms with Gasteiger partial charge in [-0.1, -0.05) is 58.0 Å². The van der Waals surface area contributed by atoms with Crippen molar-refractivity contribution in [2.75, 3.05) is 0 Å². The molecule has 1 unspecified atom stereocenters. The van der Waals surface area contributed by atoms with Crippen LogP contribution in [0.15, 0.2) is 42.5 Å². The third kappa shape index (κ3) is 3.21. The van der Waals surface area contributed by atoms with Gasteiger partial charge < -0.3 is 10.8 Å². The van der Waals surface area contributed by atoms with Gasteiger partial charge in [0, 0.05) is 0 Å². The molecule has 0 radical (unpaired) electrons. The summed E-state index contributed by atoms with van der Waals surface area (Å²) >= 11 is 0. The van der Waals surface area contributed by atoms with Crippen molar-refractivity contribution < 1.29 is 9.90 Å². The largest absolute Gasteiger partial charge is 0.478 e. The van der Waals surface area contributed by atoms with Gasteiger partial charge in [0.1, 0.15) is 0 Å². The zero-order valence-electron chi connectivity index (χ0n) is 15.5. The summed E-state index contributed by atoms with van der Waals surface area (Å²) < 4.78 is 0. The lowest BCUT2D eigenvalue weighted by Crippen LogP contribution is -2.34. The molecule has 1 atom stereocenters. The van der Waals surface area contributed by atoms with Gasteiger partial charge in [0.15, 0.2) is 0 Å². The first-order valence-corrected chi connectivity index (χ1v) is 8.85. The maximum Gasteiger partial charge on any atom is 0.335 e. The van der Waals surface area contributed by atoms with Gasteiger partial charge in [-0.25, -0.2) is 4.79 Å². The van der Waals surface area contributed by atoms with Gasteiger partial charge in [0.2, 0.25) is 0 Å². The molecule has 2 aromatic carbocycles. The standard InChI is InChI=1S/C22H27NO2/c1-21(2)11-12-22(3,4)18-13-16(9-10-17(18)21)19(23)14-5-7-15(8-6-14)20(24)25/h5-10,13,19H,11-12,23H2,1-4H3,(H,24,25). The molecule has 3 heteroatoms. The predicted octanol–water partition coefficient (Wildman–Crippen LogP) is 4.78. The molecule has 2 aromatic rings. The summed E-state index contributed by atoms with van der Waals surface area (Å²) in [5.74, 6) is -0.919. The van der Waals surface area contributed by atoms with Gasteiger partial charge in [-0.3, -0.25) is 0 Å². The minimum atomic E-state index is -0.919. The molecular formula is C22H27NO2. The van der Waals surface area contributed by atoms with Crippen molar-refractivity contribution in [1.82, 2.24) is 0 Å². The van der Waals surface area contributed by atoms with Gasteiger partial charge in [-0.15, -0.1) is 0 Å². The second-order valence-electron chi connectivity index (χ2n) is 8.48. The van der Waals surface area contributed by atoms with E-state index in [2.05, 4.69) is 45.9 Å². The van der Waals surface area contributed by atoms with Crippen molar-refractivity contribution >= 4 is 5.97 Å². The van der Waals surface area contributed by atoms with E-state index in [1.54, 1.807) is 12.1 Å². The van der Waals surface area contributed by atoms with E-state index in [1.165, 1.54) is 24.0 Å². The molecule has 0 saturated carbocycles. The molecule has 0 bridgehead atoms. The average Bonchev–Trinajstić information content (AvgIpc) is 2.58. The highest BCUT2D eigenvalue weighted by Gasteiger charge is 2.37. The number of carbonyl (C=O) groups is 1. The van der Waals surface area contributed by atoms with Crippen molar-refractivity contribution in [1.29, 1.82) is 0 Å². The summed E-state index contributed by atoms with van der Waals surface area (Å²) in [4.78, 5) is 11.0. The van der Waals surface area contributed by atoms with Crippen molar-refractivity contribution in [2.24, 2.45) is 5.73 Å². The van der Waals surface area contributed by atoms with Crippen molar-refractivity contribution in [3.05, 3.63) is 70.3 Å². The van der Waals surface area contributed by atoms with Crippen LogP contribution in [0, 0.1) is 0 Å². The number of fused-ring (bicyclic) bond motifs is 1. The Labute approximate surface area is 149 Å². The Morgan fingerprint density at radius 1 is 0.920 bits per heavy atom. The van der Waals surface area contributed by atoms with Crippen LogP contribution in [0.5, 0.6) is 0 Å². The summed E-state index contributed by atoms with van der Waals surface area (Å²) in [6.45, 7) is 9.23. The Morgan fingerprint density at radius 3 is 2.00 bits per heavy atom. The monoisotopic (exact) mass is 337 g/mol. The number of hydrogen-bond acceptors (Lipinski definition) is 2. The second kappa shape index (κ2) is 5.99. The molecule has 3 nitrogen and oxygen atoms in total. The molecule has 0 heterocycles. The van der Waals surface area contributed by atoms with Crippen LogP contribution in [0.25, 0.3) is 0 Å². The van der Waals surface area contributed by atoms with Crippen LogP contribution in [0.3, 0.4) is 0 Å². The number of aromatic carboxylic acids is 1. The number of carboxylic acid groups (broad SMARTS) is 1. The average molecular weight is 337 g/mol. The van der Waals surface area contributed by atoms with Gasteiger partial charge in [-0.05, 0) is 58.1 Å². The highest BCUT2D eigenvalue weighted by Crippen LogP contribution is 2.46. The predicted molar refractivity (Wildman–Crippen MR) is 101 cm³/mol. The van der Waals surface area contributed by atoms with E-state index >= 15 is 0 Å². The molecule has 0 aromatic heterocycles. The van der Waals surface area contributed by atoms with Crippen LogP contribution in [0.4, 0.5) is 0 Å². The number of hydrogen-bond donors (Lipinski definition) is 2. The van der Waals surface area contributed by atoms with Crippen LogP contribution >= 0.6 is 0 Å². The first kappa shape index (κ1) is 17.7. The highest BCUT2D eigenvalue weighted by atomic mass is 16.4. The highest BCUT2D eigenvalue weighted by molar-refractivity contribution is 5.87. The topological polar surface area (TPSA) is 63.3 Å². The molecule has 3 N–H and O–H groups in total. The van der Waals surface area contributed by atoms with Gasteiger partial charge in [0.05, 0.1) is 11.6 Å². The molecule has 0 spiro atoms. The zero-order chi connectivity index (χ0) is 18.4. The van der Waals surface area contributed by atoms with Crippen molar-refractivity contribution in [2.45, 2.75) is 57.4 Å². The van der Waals surface area contributed by atoms with Crippen LogP contribution in [0.1, 0.15) is 79.2 Å². The number of benzene rings is 2. The Bertz CT molecular complexity index is 803. The Balaban J connectivity index is 2.00. The molecule has 0 aliphatic heterocycles. The number of rotatable bonds is 3. The van der Waals surface area contributed by atoms with E-state index in [9.17, 15) is 4.79 Å². The normalized spacial score (nSPS) is 19.1. The van der Waals surface area contributed by atoms with Gasteiger partial charge >= 0.3 is 5.97 Å². The Kier molecular flexibility index (Phi) is 4.24. The van der Waals surface area contributed by atoms with E-state index < -0.39 is 5.97 Å². The first-order valence-electron chi connectivity index (χ1n) is 8.85. The third-order valence-electron chi connectivity index (χ3n) is 5.75. The molecule has 25 heavy (non-hydrogen) atoms. The fourth-order valence-electron chi connectivity index (χ4n) is 3.83. The summed E-state index contributed by atoms with van der Waals surface area (Å²) in [6.07, 6.45) is 2.36. The second-order valence-corrected chi connectivity index (χ2v) is 8.48. The fraction of sp³-hybridized carbons (Fsp3) is 0.409. The Morgan fingerprint density at radius 2 is 1.44 bits per heavy atom. The van der Waals surface area contributed by atoms with Crippen molar-refractivity contribution in [3.63, 3.8) is 0 Å². The quantitative estimate of drug-likeness (QED) is 0.847. The first-order chi connectivity index (χ1) is 11.6. The minimum Gasteiger partial charge on any atom is -0.478 e. The summed E-state index contributed by atoms with van der Waals surface area (Å²) in [5, 5.41) is 9.04. The Hall–Kier alpha value is -2.13. The van der Waals surface area contributed by atoms with E-state index in [0.717, 1.165) is 11.1 Å². The van der Waals surface area contributed by atoms with E-state index in [0.29, 0.717) is 0 Å². The summed E-state index contributed by atoms with van der Waals surface area (Å²) in [6, 6.07) is 13.2. The fourth-order valence-corrected chi connectivity index (χ4v) is 3.83. The lowest BCUT2D eigenvalue weighted by molar-refractivity contribution is 0.0697. The van der Waals surface area contributed by atoms with Gasteiger partial charge in [-0.2, -0.15) is 0 Å². The molecule has 0 saturated heterocycles. The lowest BCUT2D eigenvalue weighted by Gasteiger charge is -2.42. The molecule has 1 aliphatic carbocycles. The van der Waals surface area contributed by atoms with E-state index in [4.69, 9.17) is 10.8 Å². The molecule has 132 valence electrons. The maximum absolute atomic E-state index is 11.0. The van der Waals surface area contributed by atoms with Gasteiger partial charge in [0.25, 0.3) is 0 Å². The SMILES string of the molecule is CC1(C)CCC(C)(C)c2cc(C(N)c3ccc(C(=O)O)cc3)ccc21.